The summed E-state index contributed by atoms with van der Waals surface area (Å²) < 4.78 is 3.48. The molecule has 0 unspecified atom stereocenters. The number of hydrogen-bond acceptors (Lipinski definition) is 3. The molecule has 132 valence electrons. The average molecular weight is 348 g/mol. The molecule has 0 fully saturated rings. The van der Waals surface area contributed by atoms with Crippen molar-refractivity contribution in [3.05, 3.63) is 84.4 Å². The molecule has 3 aromatic rings. The van der Waals surface area contributed by atoms with Gasteiger partial charge in [-0.3, -0.25) is 9.59 Å². The number of ketones is 2. The molecule has 0 amide bonds. The van der Waals surface area contributed by atoms with Crippen LogP contribution in [0.2, 0.25) is 0 Å². The van der Waals surface area contributed by atoms with Gasteiger partial charge >= 0.3 is 0 Å². The number of aryl methyl sites for hydroxylation is 1. The van der Waals surface area contributed by atoms with E-state index in [1.54, 1.807) is 29.5 Å². The Morgan fingerprint density at radius 3 is 2.15 bits per heavy atom. The van der Waals surface area contributed by atoms with Gasteiger partial charge < -0.3 is 0 Å². The van der Waals surface area contributed by atoms with Crippen LogP contribution in [0.15, 0.2) is 73.3 Å². The van der Waals surface area contributed by atoms with Crippen molar-refractivity contribution in [2.45, 2.75) is 32.4 Å². The van der Waals surface area contributed by atoms with Gasteiger partial charge in [0.25, 0.3) is 6.33 Å². The quantitative estimate of drug-likeness (QED) is 0.487. The summed E-state index contributed by atoms with van der Waals surface area (Å²) in [6.45, 7) is 4.20. The van der Waals surface area contributed by atoms with E-state index in [9.17, 15) is 9.59 Å². The standard InChI is InChI=1S/C21H22N3O2/c1-21(2,20(26)18-11-7-4-8-12-18)24-16-23(15-22-24)14-13-19(25)17-9-5-3-6-10-17/h3-12,15-16H,13-14H2,1-2H3/q+1. The first-order chi connectivity index (χ1) is 12.5. The van der Waals surface area contributed by atoms with Gasteiger partial charge in [0.15, 0.2) is 11.3 Å². The minimum Gasteiger partial charge on any atom is -0.294 e. The summed E-state index contributed by atoms with van der Waals surface area (Å²) >= 11 is 0. The molecular weight excluding hydrogens is 326 g/mol. The fourth-order valence-electron chi connectivity index (χ4n) is 2.77. The molecule has 2 aromatic carbocycles. The SMILES string of the molecule is CC(C)(C(=O)c1ccccc1)n1c[n+](CCC(=O)c2ccccc2)cn1. The lowest BCUT2D eigenvalue weighted by atomic mass is 9.93. The highest BCUT2D eigenvalue weighted by Gasteiger charge is 2.36. The van der Waals surface area contributed by atoms with E-state index in [0.717, 1.165) is 0 Å². The van der Waals surface area contributed by atoms with Gasteiger partial charge in [-0.05, 0) is 13.8 Å². The molecule has 0 aliphatic heterocycles. The van der Waals surface area contributed by atoms with Crippen molar-refractivity contribution in [2.24, 2.45) is 0 Å². The molecule has 0 radical (unpaired) electrons. The minimum atomic E-state index is -0.809. The molecule has 26 heavy (non-hydrogen) atoms. The normalized spacial score (nSPS) is 11.3. The first kappa shape index (κ1) is 17.7. The van der Waals surface area contributed by atoms with Crippen LogP contribution in [0.3, 0.4) is 0 Å². The van der Waals surface area contributed by atoms with E-state index in [2.05, 4.69) is 5.10 Å². The zero-order valence-corrected chi connectivity index (χ0v) is 15.0. The van der Waals surface area contributed by atoms with E-state index >= 15 is 0 Å². The van der Waals surface area contributed by atoms with Gasteiger partial charge in [0.2, 0.25) is 12.1 Å². The number of carbonyl (C=O) groups excluding carboxylic acids is 2. The number of aromatic nitrogens is 3. The van der Waals surface area contributed by atoms with Crippen LogP contribution in [0.25, 0.3) is 0 Å². The number of rotatable bonds is 7. The predicted molar refractivity (Wildman–Crippen MR) is 97.9 cm³/mol. The lowest BCUT2D eigenvalue weighted by Gasteiger charge is -2.17. The average Bonchev–Trinajstić information content (AvgIpc) is 3.17. The van der Waals surface area contributed by atoms with Gasteiger partial charge in [0.1, 0.15) is 0 Å². The highest BCUT2D eigenvalue weighted by atomic mass is 16.1. The van der Waals surface area contributed by atoms with E-state index in [0.29, 0.717) is 24.1 Å². The molecule has 3 rings (SSSR count). The lowest BCUT2D eigenvalue weighted by molar-refractivity contribution is -0.696. The summed E-state index contributed by atoms with van der Waals surface area (Å²) in [5.41, 5.74) is 0.551. The fraction of sp³-hybridized carbons (Fsp3) is 0.238. The Labute approximate surface area is 152 Å². The maximum absolute atomic E-state index is 12.8. The maximum atomic E-state index is 12.8. The topological polar surface area (TPSA) is 55.8 Å². The minimum absolute atomic E-state index is 0.00582. The van der Waals surface area contributed by atoms with Crippen LogP contribution < -0.4 is 4.57 Å². The smallest absolute Gasteiger partial charge is 0.265 e. The van der Waals surface area contributed by atoms with Gasteiger partial charge in [0.05, 0.1) is 6.54 Å². The molecule has 0 atom stereocenters. The third kappa shape index (κ3) is 3.77. The van der Waals surface area contributed by atoms with Crippen LogP contribution in [-0.2, 0) is 12.1 Å². The first-order valence-corrected chi connectivity index (χ1v) is 8.61. The monoisotopic (exact) mass is 348 g/mol. The fourth-order valence-corrected chi connectivity index (χ4v) is 2.77. The Balaban J connectivity index is 1.69. The molecule has 0 saturated carbocycles. The molecular formula is C21H22N3O2+. The molecule has 0 aliphatic rings. The second-order valence-corrected chi connectivity index (χ2v) is 6.72. The van der Waals surface area contributed by atoms with Crippen LogP contribution in [0.4, 0.5) is 0 Å². The Hall–Kier alpha value is -3.08. The number of benzene rings is 2. The van der Waals surface area contributed by atoms with Gasteiger partial charge in [0, 0.05) is 22.6 Å². The summed E-state index contributed by atoms with van der Waals surface area (Å²) in [5.74, 6) is 0.0826. The second-order valence-electron chi connectivity index (χ2n) is 6.72. The largest absolute Gasteiger partial charge is 0.294 e. The Morgan fingerprint density at radius 2 is 1.54 bits per heavy atom. The van der Waals surface area contributed by atoms with E-state index in [1.807, 2.05) is 66.9 Å². The zero-order valence-electron chi connectivity index (χ0n) is 15.0. The first-order valence-electron chi connectivity index (χ1n) is 8.61. The Kier molecular flexibility index (Phi) is 5.07. The highest BCUT2D eigenvalue weighted by Crippen LogP contribution is 2.19. The summed E-state index contributed by atoms with van der Waals surface area (Å²) in [4.78, 5) is 25.0. The van der Waals surface area contributed by atoms with Crippen molar-refractivity contribution < 1.29 is 14.2 Å². The third-order valence-electron chi connectivity index (χ3n) is 4.44. The molecule has 0 spiro atoms. The van der Waals surface area contributed by atoms with Crippen LogP contribution >= 0.6 is 0 Å². The summed E-state index contributed by atoms with van der Waals surface area (Å²) in [5, 5.41) is 4.33. The van der Waals surface area contributed by atoms with Crippen LogP contribution in [-0.4, -0.2) is 21.3 Å². The van der Waals surface area contributed by atoms with E-state index in [-0.39, 0.29) is 11.6 Å². The van der Waals surface area contributed by atoms with Gasteiger partial charge in [-0.1, -0.05) is 60.7 Å². The van der Waals surface area contributed by atoms with Crippen molar-refractivity contribution in [1.82, 2.24) is 9.78 Å². The Morgan fingerprint density at radius 1 is 0.962 bits per heavy atom. The third-order valence-corrected chi connectivity index (χ3v) is 4.44. The van der Waals surface area contributed by atoms with E-state index in [1.165, 1.54) is 0 Å². The molecule has 0 saturated heterocycles. The van der Waals surface area contributed by atoms with Crippen molar-refractivity contribution in [3.8, 4) is 0 Å². The molecule has 0 bridgehead atoms. The molecule has 1 aromatic heterocycles. The van der Waals surface area contributed by atoms with Crippen molar-refractivity contribution in [1.29, 1.82) is 0 Å². The van der Waals surface area contributed by atoms with Crippen LogP contribution in [0.1, 0.15) is 41.0 Å². The number of Topliss-reactive ketones (excluding diaryl/α,β-unsaturated/α-hetero) is 2. The van der Waals surface area contributed by atoms with Crippen LogP contribution in [0, 0.1) is 0 Å². The Bertz CT molecular complexity index is 899. The summed E-state index contributed by atoms with van der Waals surface area (Å²) in [6, 6.07) is 18.4. The zero-order chi connectivity index (χ0) is 18.6. The summed E-state index contributed by atoms with van der Waals surface area (Å²) in [7, 11) is 0. The molecule has 5 heteroatoms. The van der Waals surface area contributed by atoms with E-state index < -0.39 is 5.54 Å². The molecule has 0 N–H and O–H groups in total. The van der Waals surface area contributed by atoms with Gasteiger partial charge in [-0.15, -0.1) is 4.68 Å². The highest BCUT2D eigenvalue weighted by molar-refractivity contribution is 6.01. The lowest BCUT2D eigenvalue weighted by Crippen LogP contribution is -2.38. The summed E-state index contributed by atoms with van der Waals surface area (Å²) in [6.07, 6.45) is 3.81. The van der Waals surface area contributed by atoms with Crippen LogP contribution in [0.5, 0.6) is 0 Å². The second kappa shape index (κ2) is 7.44. The molecule has 1 heterocycles. The van der Waals surface area contributed by atoms with Gasteiger partial charge in [-0.2, -0.15) is 0 Å². The predicted octanol–water partition coefficient (Wildman–Crippen LogP) is 3.06. The van der Waals surface area contributed by atoms with Crippen molar-refractivity contribution in [3.63, 3.8) is 0 Å². The number of nitrogens with zero attached hydrogens (tertiary/aromatic N) is 3. The molecule has 0 aliphatic carbocycles. The number of carbonyl (C=O) groups is 2. The maximum Gasteiger partial charge on any atom is 0.265 e. The van der Waals surface area contributed by atoms with Gasteiger partial charge in [-0.25, -0.2) is 4.57 Å². The van der Waals surface area contributed by atoms with Crippen molar-refractivity contribution >= 4 is 11.6 Å². The van der Waals surface area contributed by atoms with E-state index in [4.69, 9.17) is 0 Å². The molecule has 5 nitrogen and oxygen atoms in total. The van der Waals surface area contributed by atoms with Crippen molar-refractivity contribution in [2.75, 3.05) is 0 Å². The number of hydrogen-bond donors (Lipinski definition) is 0.